The third-order valence-corrected chi connectivity index (χ3v) is 5.18. The van der Waals surface area contributed by atoms with Gasteiger partial charge in [-0.3, -0.25) is 9.48 Å². The molecule has 2 N–H and O–H groups in total. The topological polar surface area (TPSA) is 89.9 Å². The van der Waals surface area contributed by atoms with Crippen LogP contribution < -0.4 is 5.73 Å². The Kier molecular flexibility index (Phi) is 5.32. The number of aryl methyl sites for hydroxylation is 1. The standard InChI is InChI=1S/C21H24N6O/c22-19-8-11-23-20(25-19)16-5-3-6-17(15-16)21(28)27-13-2-1-7-18(27)9-14-26-12-4-10-24-26/h3-6,8,10-12,15,18H,1-2,7,9,13-14H2,(H2,22,23,25)/t18-/m1/s1. The maximum atomic E-state index is 13.3. The maximum Gasteiger partial charge on any atom is 0.254 e. The predicted molar refractivity (Wildman–Crippen MR) is 107 cm³/mol. The molecule has 144 valence electrons. The van der Waals surface area contributed by atoms with E-state index in [-0.39, 0.29) is 11.9 Å². The molecule has 0 saturated carbocycles. The Balaban J connectivity index is 1.52. The average Bonchev–Trinajstić information content (AvgIpc) is 3.26. The van der Waals surface area contributed by atoms with Crippen LogP contribution in [0.1, 0.15) is 36.0 Å². The molecule has 4 rings (SSSR count). The van der Waals surface area contributed by atoms with Crippen LogP contribution in [0.2, 0.25) is 0 Å². The van der Waals surface area contributed by atoms with Gasteiger partial charge in [-0.15, -0.1) is 0 Å². The summed E-state index contributed by atoms with van der Waals surface area (Å²) >= 11 is 0. The molecular formula is C21H24N6O. The number of benzene rings is 1. The Bertz CT molecular complexity index is 940. The van der Waals surface area contributed by atoms with Gasteiger partial charge < -0.3 is 10.6 Å². The number of nitrogens with zero attached hydrogens (tertiary/aromatic N) is 5. The Morgan fingerprint density at radius 3 is 2.93 bits per heavy atom. The van der Waals surface area contributed by atoms with Crippen molar-refractivity contribution >= 4 is 11.7 Å². The van der Waals surface area contributed by atoms with E-state index in [1.54, 1.807) is 18.5 Å². The molecule has 2 aromatic heterocycles. The van der Waals surface area contributed by atoms with Crippen molar-refractivity contribution in [1.29, 1.82) is 0 Å². The normalized spacial score (nSPS) is 16.9. The molecular weight excluding hydrogens is 352 g/mol. The summed E-state index contributed by atoms with van der Waals surface area (Å²) in [4.78, 5) is 23.8. The highest BCUT2D eigenvalue weighted by molar-refractivity contribution is 5.95. The Labute approximate surface area is 164 Å². The number of aromatic nitrogens is 4. The van der Waals surface area contributed by atoms with Gasteiger partial charge in [-0.2, -0.15) is 5.10 Å². The van der Waals surface area contributed by atoms with E-state index in [4.69, 9.17) is 5.73 Å². The minimum absolute atomic E-state index is 0.0657. The van der Waals surface area contributed by atoms with Crippen LogP contribution in [-0.4, -0.2) is 43.1 Å². The SMILES string of the molecule is Nc1ccnc(-c2cccc(C(=O)N3CCCC[C@@H]3CCn3cccn3)c2)n1. The molecule has 7 heteroatoms. The van der Waals surface area contributed by atoms with Crippen LogP contribution >= 0.6 is 0 Å². The lowest BCUT2D eigenvalue weighted by Gasteiger charge is -2.36. The van der Waals surface area contributed by atoms with Crippen molar-refractivity contribution in [2.45, 2.75) is 38.3 Å². The molecule has 1 aromatic carbocycles. The van der Waals surface area contributed by atoms with E-state index in [9.17, 15) is 4.79 Å². The molecule has 3 heterocycles. The van der Waals surface area contributed by atoms with Crippen molar-refractivity contribution in [1.82, 2.24) is 24.6 Å². The lowest BCUT2D eigenvalue weighted by molar-refractivity contribution is 0.0594. The number of nitrogens with two attached hydrogens (primary N) is 1. The first-order valence-corrected chi connectivity index (χ1v) is 9.68. The molecule has 1 saturated heterocycles. The van der Waals surface area contributed by atoms with E-state index < -0.39 is 0 Å². The fourth-order valence-corrected chi connectivity index (χ4v) is 3.75. The number of rotatable bonds is 5. The van der Waals surface area contributed by atoms with Gasteiger partial charge in [0.1, 0.15) is 5.82 Å². The van der Waals surface area contributed by atoms with Crippen molar-refractivity contribution in [2.75, 3.05) is 12.3 Å². The van der Waals surface area contributed by atoms with Crippen LogP contribution in [0.5, 0.6) is 0 Å². The molecule has 0 bridgehead atoms. The highest BCUT2D eigenvalue weighted by Gasteiger charge is 2.27. The Morgan fingerprint density at radius 2 is 2.11 bits per heavy atom. The number of anilines is 1. The van der Waals surface area contributed by atoms with Crippen molar-refractivity contribution in [3.8, 4) is 11.4 Å². The molecule has 1 aliphatic rings. The van der Waals surface area contributed by atoms with Gasteiger partial charge in [0, 0.05) is 48.8 Å². The fraction of sp³-hybridized carbons (Fsp3) is 0.333. The lowest BCUT2D eigenvalue weighted by atomic mass is 9.97. The second kappa shape index (κ2) is 8.21. The second-order valence-corrected chi connectivity index (χ2v) is 7.09. The minimum atomic E-state index is 0.0657. The van der Waals surface area contributed by atoms with E-state index in [0.29, 0.717) is 17.2 Å². The first-order valence-electron chi connectivity index (χ1n) is 9.68. The molecule has 3 aromatic rings. The summed E-state index contributed by atoms with van der Waals surface area (Å²) in [5, 5.41) is 4.27. The van der Waals surface area contributed by atoms with Gasteiger partial charge in [-0.25, -0.2) is 9.97 Å². The van der Waals surface area contributed by atoms with Crippen LogP contribution in [0, 0.1) is 0 Å². The number of hydrogen-bond donors (Lipinski definition) is 1. The zero-order valence-corrected chi connectivity index (χ0v) is 15.7. The number of hydrogen-bond acceptors (Lipinski definition) is 5. The number of nitrogen functional groups attached to an aromatic ring is 1. The van der Waals surface area contributed by atoms with Crippen molar-refractivity contribution in [3.05, 3.63) is 60.6 Å². The van der Waals surface area contributed by atoms with E-state index in [1.807, 2.05) is 46.1 Å². The molecule has 0 aliphatic carbocycles. The molecule has 7 nitrogen and oxygen atoms in total. The van der Waals surface area contributed by atoms with Crippen LogP contribution in [0.15, 0.2) is 55.0 Å². The predicted octanol–water partition coefficient (Wildman–Crippen LogP) is 3.01. The van der Waals surface area contributed by atoms with Gasteiger partial charge in [-0.05, 0) is 49.9 Å². The average molecular weight is 376 g/mol. The van der Waals surface area contributed by atoms with Gasteiger partial charge in [-0.1, -0.05) is 12.1 Å². The molecule has 1 atom stereocenters. The van der Waals surface area contributed by atoms with E-state index in [0.717, 1.165) is 44.3 Å². The van der Waals surface area contributed by atoms with E-state index in [2.05, 4.69) is 15.1 Å². The summed E-state index contributed by atoms with van der Waals surface area (Å²) in [5.74, 6) is 1.01. The summed E-state index contributed by atoms with van der Waals surface area (Å²) in [6.45, 7) is 1.61. The number of amides is 1. The first-order chi connectivity index (χ1) is 13.7. The zero-order valence-electron chi connectivity index (χ0n) is 15.7. The van der Waals surface area contributed by atoms with E-state index >= 15 is 0 Å². The lowest BCUT2D eigenvalue weighted by Crippen LogP contribution is -2.44. The highest BCUT2D eigenvalue weighted by atomic mass is 16.2. The molecule has 0 spiro atoms. The van der Waals surface area contributed by atoms with Crippen LogP contribution in [0.25, 0.3) is 11.4 Å². The largest absolute Gasteiger partial charge is 0.384 e. The monoisotopic (exact) mass is 376 g/mol. The van der Waals surface area contributed by atoms with Gasteiger partial charge in [0.25, 0.3) is 5.91 Å². The van der Waals surface area contributed by atoms with Gasteiger partial charge in [0.15, 0.2) is 5.82 Å². The van der Waals surface area contributed by atoms with Crippen LogP contribution in [0.3, 0.4) is 0 Å². The van der Waals surface area contributed by atoms with Crippen molar-refractivity contribution in [3.63, 3.8) is 0 Å². The molecule has 28 heavy (non-hydrogen) atoms. The van der Waals surface area contributed by atoms with Crippen LogP contribution in [0.4, 0.5) is 5.82 Å². The van der Waals surface area contributed by atoms with Crippen LogP contribution in [-0.2, 0) is 6.54 Å². The summed E-state index contributed by atoms with van der Waals surface area (Å²) in [7, 11) is 0. The third kappa shape index (κ3) is 4.03. The number of carbonyl (C=O) groups excluding carboxylic acids is 1. The number of likely N-dealkylation sites (tertiary alicyclic amines) is 1. The molecule has 0 radical (unpaired) electrons. The second-order valence-electron chi connectivity index (χ2n) is 7.09. The Morgan fingerprint density at radius 1 is 1.18 bits per heavy atom. The number of carbonyl (C=O) groups is 1. The van der Waals surface area contributed by atoms with E-state index in [1.165, 1.54) is 0 Å². The maximum absolute atomic E-state index is 13.3. The molecule has 0 unspecified atom stereocenters. The highest BCUT2D eigenvalue weighted by Crippen LogP contribution is 2.24. The number of piperidine rings is 1. The zero-order chi connectivity index (χ0) is 19.3. The third-order valence-electron chi connectivity index (χ3n) is 5.18. The Hall–Kier alpha value is -3.22. The van der Waals surface area contributed by atoms with Gasteiger partial charge in [0.05, 0.1) is 0 Å². The van der Waals surface area contributed by atoms with Crippen molar-refractivity contribution < 1.29 is 4.79 Å². The summed E-state index contributed by atoms with van der Waals surface area (Å²) in [6.07, 6.45) is 9.52. The quantitative estimate of drug-likeness (QED) is 0.739. The van der Waals surface area contributed by atoms with Crippen molar-refractivity contribution in [2.24, 2.45) is 0 Å². The summed E-state index contributed by atoms with van der Waals surface area (Å²) < 4.78 is 1.93. The van der Waals surface area contributed by atoms with Gasteiger partial charge in [0.2, 0.25) is 0 Å². The summed E-state index contributed by atoms with van der Waals surface area (Å²) in [5.41, 5.74) is 7.23. The molecule has 1 aliphatic heterocycles. The molecule has 1 amide bonds. The smallest absolute Gasteiger partial charge is 0.254 e. The molecule has 1 fully saturated rings. The fourth-order valence-electron chi connectivity index (χ4n) is 3.75. The first kappa shape index (κ1) is 18.2. The van der Waals surface area contributed by atoms with Gasteiger partial charge >= 0.3 is 0 Å². The minimum Gasteiger partial charge on any atom is -0.384 e. The summed E-state index contributed by atoms with van der Waals surface area (Å²) in [6, 6.07) is 11.3.